The standard InChI is InChI=1S/C23H19F3N2O3/c1-30-18-10-4-15(5-11-18)21(29)28-22(12-14-31-19-3-2-13-27-20(19)22)16-6-8-17(9-7-16)23(24,25)26/h2-11,13H,12,14H2,1H3,(H,28,29). The second-order valence-electron chi connectivity index (χ2n) is 7.11. The van der Waals surface area contributed by atoms with Crippen LogP contribution in [0.3, 0.4) is 0 Å². The average molecular weight is 428 g/mol. The van der Waals surface area contributed by atoms with Gasteiger partial charge in [-0.1, -0.05) is 12.1 Å². The highest BCUT2D eigenvalue weighted by atomic mass is 19.4. The molecule has 2 aromatic carbocycles. The second-order valence-corrected chi connectivity index (χ2v) is 7.11. The van der Waals surface area contributed by atoms with Crippen LogP contribution in [0.1, 0.15) is 33.6 Å². The molecule has 0 saturated heterocycles. The fourth-order valence-corrected chi connectivity index (χ4v) is 3.69. The Hall–Kier alpha value is -3.55. The summed E-state index contributed by atoms with van der Waals surface area (Å²) >= 11 is 0. The van der Waals surface area contributed by atoms with Gasteiger partial charge in [-0.05, 0) is 54.1 Å². The SMILES string of the molecule is COc1ccc(C(=O)NC2(c3ccc(C(F)(F)F)cc3)CCOc3cccnc32)cc1. The van der Waals surface area contributed by atoms with Crippen LogP contribution in [-0.2, 0) is 11.7 Å². The number of alkyl halides is 3. The number of amides is 1. The Morgan fingerprint density at radius 3 is 2.45 bits per heavy atom. The normalized spacial score (nSPS) is 17.9. The van der Waals surface area contributed by atoms with Crippen LogP contribution >= 0.6 is 0 Å². The minimum Gasteiger partial charge on any atom is -0.497 e. The predicted octanol–water partition coefficient (Wildman–Crippen LogP) is 4.57. The lowest BCUT2D eigenvalue weighted by molar-refractivity contribution is -0.137. The lowest BCUT2D eigenvalue weighted by Crippen LogP contribution is -2.50. The minimum absolute atomic E-state index is 0.266. The fraction of sp³-hybridized carbons (Fsp3) is 0.217. The molecular formula is C23H19F3N2O3. The molecule has 0 radical (unpaired) electrons. The van der Waals surface area contributed by atoms with E-state index in [1.165, 1.54) is 19.2 Å². The molecule has 2 heterocycles. The Morgan fingerprint density at radius 2 is 1.81 bits per heavy atom. The van der Waals surface area contributed by atoms with E-state index >= 15 is 0 Å². The van der Waals surface area contributed by atoms with E-state index in [9.17, 15) is 18.0 Å². The third kappa shape index (κ3) is 3.93. The maximum absolute atomic E-state index is 13.1. The summed E-state index contributed by atoms with van der Waals surface area (Å²) in [6, 6.07) is 14.8. The molecule has 3 aromatic rings. The van der Waals surface area contributed by atoms with E-state index in [0.717, 1.165) is 12.1 Å². The second kappa shape index (κ2) is 7.94. The molecule has 5 nitrogen and oxygen atoms in total. The summed E-state index contributed by atoms with van der Waals surface area (Å²) in [5, 5.41) is 3.01. The largest absolute Gasteiger partial charge is 0.497 e. The molecule has 0 aliphatic carbocycles. The molecule has 1 unspecified atom stereocenters. The highest BCUT2D eigenvalue weighted by Crippen LogP contribution is 2.41. The highest BCUT2D eigenvalue weighted by Gasteiger charge is 2.43. The van der Waals surface area contributed by atoms with Crippen LogP contribution in [0.2, 0.25) is 0 Å². The summed E-state index contributed by atoms with van der Waals surface area (Å²) in [6.07, 6.45) is -2.58. The van der Waals surface area contributed by atoms with Gasteiger partial charge in [-0.2, -0.15) is 13.2 Å². The number of carbonyl (C=O) groups is 1. The quantitative estimate of drug-likeness (QED) is 0.662. The molecule has 0 fully saturated rings. The van der Waals surface area contributed by atoms with Gasteiger partial charge in [0.1, 0.15) is 22.7 Å². The van der Waals surface area contributed by atoms with Crippen molar-refractivity contribution in [3.8, 4) is 11.5 Å². The van der Waals surface area contributed by atoms with Crippen molar-refractivity contribution in [3.05, 3.63) is 89.2 Å². The first-order valence-corrected chi connectivity index (χ1v) is 9.56. The summed E-state index contributed by atoms with van der Waals surface area (Å²) in [5.41, 5.74) is -0.582. The molecule has 4 rings (SSSR count). The Labute approximate surface area is 176 Å². The van der Waals surface area contributed by atoms with Gasteiger partial charge in [0.05, 0.1) is 19.3 Å². The summed E-state index contributed by atoms with van der Waals surface area (Å²) in [4.78, 5) is 17.5. The molecule has 31 heavy (non-hydrogen) atoms. The van der Waals surface area contributed by atoms with Crippen molar-refractivity contribution >= 4 is 5.91 Å². The van der Waals surface area contributed by atoms with Gasteiger partial charge < -0.3 is 14.8 Å². The lowest BCUT2D eigenvalue weighted by Gasteiger charge is -2.39. The van der Waals surface area contributed by atoms with E-state index in [1.54, 1.807) is 42.6 Å². The number of ether oxygens (including phenoxy) is 2. The predicted molar refractivity (Wildman–Crippen MR) is 107 cm³/mol. The Bertz CT molecular complexity index is 1080. The zero-order valence-electron chi connectivity index (χ0n) is 16.6. The van der Waals surface area contributed by atoms with Gasteiger partial charge in [0.25, 0.3) is 5.91 Å². The van der Waals surface area contributed by atoms with E-state index < -0.39 is 17.3 Å². The smallest absolute Gasteiger partial charge is 0.416 e. The van der Waals surface area contributed by atoms with E-state index in [-0.39, 0.29) is 12.5 Å². The zero-order valence-corrected chi connectivity index (χ0v) is 16.6. The number of methoxy groups -OCH3 is 1. The third-order valence-corrected chi connectivity index (χ3v) is 5.29. The summed E-state index contributed by atoms with van der Waals surface area (Å²) in [7, 11) is 1.53. The van der Waals surface area contributed by atoms with Crippen molar-refractivity contribution in [2.75, 3.05) is 13.7 Å². The van der Waals surface area contributed by atoms with Crippen molar-refractivity contribution < 1.29 is 27.4 Å². The maximum atomic E-state index is 13.1. The number of benzene rings is 2. The topological polar surface area (TPSA) is 60.5 Å². The van der Waals surface area contributed by atoms with Crippen LogP contribution < -0.4 is 14.8 Å². The Morgan fingerprint density at radius 1 is 1.10 bits per heavy atom. The molecule has 160 valence electrons. The highest BCUT2D eigenvalue weighted by molar-refractivity contribution is 5.95. The molecule has 0 bridgehead atoms. The number of carbonyl (C=O) groups excluding carboxylic acids is 1. The van der Waals surface area contributed by atoms with E-state index in [4.69, 9.17) is 9.47 Å². The number of nitrogens with zero attached hydrogens (tertiary/aromatic N) is 1. The number of hydrogen-bond acceptors (Lipinski definition) is 4. The lowest BCUT2D eigenvalue weighted by atomic mass is 9.80. The molecule has 1 N–H and O–H groups in total. The minimum atomic E-state index is -4.45. The molecule has 1 aliphatic heterocycles. The van der Waals surface area contributed by atoms with Gasteiger partial charge in [0.15, 0.2) is 0 Å². The number of rotatable bonds is 4. The van der Waals surface area contributed by atoms with Gasteiger partial charge in [0, 0.05) is 18.2 Å². The fourth-order valence-electron chi connectivity index (χ4n) is 3.69. The van der Waals surface area contributed by atoms with Crippen LogP contribution in [0.25, 0.3) is 0 Å². The number of halogens is 3. The van der Waals surface area contributed by atoms with Crippen molar-refractivity contribution in [1.29, 1.82) is 0 Å². The molecule has 1 aliphatic rings. The van der Waals surface area contributed by atoms with Gasteiger partial charge in [0.2, 0.25) is 0 Å². The molecule has 1 atom stereocenters. The molecule has 0 saturated carbocycles. The number of hydrogen-bond donors (Lipinski definition) is 1. The number of fused-ring (bicyclic) bond motifs is 1. The van der Waals surface area contributed by atoms with Crippen molar-refractivity contribution in [3.63, 3.8) is 0 Å². The Kier molecular flexibility index (Phi) is 5.31. The molecule has 1 aromatic heterocycles. The van der Waals surface area contributed by atoms with Gasteiger partial charge in [-0.15, -0.1) is 0 Å². The summed E-state index contributed by atoms with van der Waals surface area (Å²) in [5.74, 6) is 0.691. The zero-order chi connectivity index (χ0) is 22.1. The third-order valence-electron chi connectivity index (χ3n) is 5.29. The number of aromatic nitrogens is 1. The van der Waals surface area contributed by atoms with Crippen LogP contribution in [0.4, 0.5) is 13.2 Å². The van der Waals surface area contributed by atoms with Crippen LogP contribution in [0.5, 0.6) is 11.5 Å². The van der Waals surface area contributed by atoms with Gasteiger partial charge in [-0.25, -0.2) is 0 Å². The van der Waals surface area contributed by atoms with E-state index in [1.807, 2.05) is 0 Å². The summed E-state index contributed by atoms with van der Waals surface area (Å²) in [6.45, 7) is 0.266. The van der Waals surface area contributed by atoms with E-state index in [2.05, 4.69) is 10.3 Å². The molecule has 0 spiro atoms. The van der Waals surface area contributed by atoms with Crippen LogP contribution in [0.15, 0.2) is 66.9 Å². The first kappa shape index (κ1) is 20.7. The van der Waals surface area contributed by atoms with Gasteiger partial charge >= 0.3 is 6.18 Å². The van der Waals surface area contributed by atoms with Crippen LogP contribution in [0, 0.1) is 0 Å². The first-order valence-electron chi connectivity index (χ1n) is 9.56. The van der Waals surface area contributed by atoms with Crippen molar-refractivity contribution in [2.45, 2.75) is 18.1 Å². The van der Waals surface area contributed by atoms with Crippen LogP contribution in [-0.4, -0.2) is 24.6 Å². The maximum Gasteiger partial charge on any atom is 0.416 e. The Balaban J connectivity index is 1.78. The van der Waals surface area contributed by atoms with Crippen molar-refractivity contribution in [2.24, 2.45) is 0 Å². The average Bonchev–Trinajstić information content (AvgIpc) is 2.79. The molecular weight excluding hydrogens is 409 g/mol. The van der Waals surface area contributed by atoms with Gasteiger partial charge in [-0.3, -0.25) is 9.78 Å². The summed E-state index contributed by atoms with van der Waals surface area (Å²) < 4.78 is 50.0. The molecule has 1 amide bonds. The number of nitrogens with one attached hydrogen (secondary N) is 1. The number of pyridine rings is 1. The first-order chi connectivity index (χ1) is 14.8. The monoisotopic (exact) mass is 428 g/mol. The van der Waals surface area contributed by atoms with E-state index in [0.29, 0.717) is 34.7 Å². The molecule has 8 heteroatoms. The van der Waals surface area contributed by atoms with Crippen molar-refractivity contribution in [1.82, 2.24) is 10.3 Å².